The van der Waals surface area contributed by atoms with Gasteiger partial charge in [0, 0.05) is 0 Å². The molecule has 8 rings (SSSR count). The van der Waals surface area contributed by atoms with E-state index in [0.717, 1.165) is 0 Å². The molecule has 0 nitrogen and oxygen atoms in total. The summed E-state index contributed by atoms with van der Waals surface area (Å²) in [5, 5.41) is 10.7. The second-order valence-electron chi connectivity index (χ2n) is 20.9. The van der Waals surface area contributed by atoms with Gasteiger partial charge in [-0.1, -0.05) is 204 Å². The Morgan fingerprint density at radius 3 is 0.638 bits per heavy atom. The van der Waals surface area contributed by atoms with Crippen LogP contribution in [0.2, 0.25) is 0 Å². The van der Waals surface area contributed by atoms with Gasteiger partial charge in [-0.3, -0.25) is 0 Å². The molecule has 2 aliphatic rings. The van der Waals surface area contributed by atoms with E-state index in [2.05, 4.69) is 229 Å². The quantitative estimate of drug-likeness (QED) is 0.148. The first kappa shape index (κ1) is 39.4. The molecule has 0 saturated carbocycles. The molecule has 0 heterocycles. The molecular weight excluding hydrogens is 697 g/mol. The fourth-order valence-electron chi connectivity index (χ4n) is 8.17. The number of fused-ring (bicyclic) bond motifs is 4. The molecule has 0 bridgehead atoms. The number of hydrogen-bond donors (Lipinski definition) is 0. The van der Waals surface area contributed by atoms with Gasteiger partial charge in [0.1, 0.15) is 0 Å². The maximum Gasteiger partial charge on any atom is -0.00928 e. The lowest BCUT2D eigenvalue weighted by Crippen LogP contribution is -2.16. The monoisotopic (exact) mass is 756 g/mol. The molecule has 0 fully saturated rings. The Morgan fingerprint density at radius 1 is 0.224 bits per heavy atom. The highest BCUT2D eigenvalue weighted by Crippen LogP contribution is 2.33. The lowest BCUT2D eigenvalue weighted by Gasteiger charge is -2.25. The van der Waals surface area contributed by atoms with Gasteiger partial charge in [-0.05, 0) is 143 Å². The second-order valence-corrected chi connectivity index (χ2v) is 20.9. The van der Waals surface area contributed by atoms with Crippen molar-refractivity contribution in [1.82, 2.24) is 0 Å². The Kier molecular flexibility index (Phi) is 9.59. The molecule has 0 aliphatic heterocycles. The molecule has 0 aromatic heterocycles. The minimum atomic E-state index is 0.0987. The van der Waals surface area contributed by atoms with Crippen LogP contribution in [0.1, 0.15) is 139 Å². The van der Waals surface area contributed by atoms with E-state index in [1.54, 1.807) is 0 Å². The van der Waals surface area contributed by atoms with Gasteiger partial charge in [0.15, 0.2) is 0 Å². The zero-order valence-electron chi connectivity index (χ0n) is 36.9. The van der Waals surface area contributed by atoms with Gasteiger partial charge in [0.2, 0.25) is 0 Å². The van der Waals surface area contributed by atoms with Crippen LogP contribution in [0.5, 0.6) is 0 Å². The Bertz CT molecular complexity index is 2840. The summed E-state index contributed by atoms with van der Waals surface area (Å²) in [5.41, 5.74) is 13.3. The van der Waals surface area contributed by atoms with Gasteiger partial charge in [0.05, 0.1) is 0 Å². The van der Waals surface area contributed by atoms with Gasteiger partial charge in [0.25, 0.3) is 0 Å². The molecule has 0 atom stereocenters. The smallest absolute Gasteiger partial charge is 0.00928 e. The van der Waals surface area contributed by atoms with Gasteiger partial charge in [-0.25, -0.2) is 0 Å². The molecule has 0 heteroatoms. The van der Waals surface area contributed by atoms with Crippen molar-refractivity contribution in [1.29, 1.82) is 0 Å². The normalized spacial score (nSPS) is 13.7. The Hall–Kier alpha value is -5.46. The maximum atomic E-state index is 2.39. The van der Waals surface area contributed by atoms with Crippen molar-refractivity contribution in [3.63, 3.8) is 0 Å². The fraction of sp³-hybridized carbons (Fsp3) is 0.276. The molecule has 6 aromatic rings. The van der Waals surface area contributed by atoms with Gasteiger partial charge < -0.3 is 0 Å². The van der Waals surface area contributed by atoms with Crippen LogP contribution in [0.3, 0.4) is 0 Å². The predicted octanol–water partition coefficient (Wildman–Crippen LogP) is 15.2. The first-order chi connectivity index (χ1) is 27.2. The van der Waals surface area contributed by atoms with Gasteiger partial charge in [-0.15, -0.1) is 0 Å². The topological polar surface area (TPSA) is 0 Å². The van der Waals surface area contributed by atoms with Crippen molar-refractivity contribution < 1.29 is 0 Å². The fourth-order valence-corrected chi connectivity index (χ4v) is 8.17. The summed E-state index contributed by atoms with van der Waals surface area (Å²) in [6.45, 7) is 27.6. The highest BCUT2D eigenvalue weighted by molar-refractivity contribution is 5.73. The SMILES string of the molecule is CC(C)(C)c1cc(/C=C/c2ccc3c(c2)=c2cc(/C=C/c4ccc5c(c4)=c4cc(/C=C/c6cc(C(C)(C)C)cc(C(C)(C)C)c6)ccc4=5)ccc2=3)cc(C(C)(C)C)c1. The zero-order valence-corrected chi connectivity index (χ0v) is 36.9. The van der Waals surface area contributed by atoms with Crippen LogP contribution in [-0.2, 0) is 21.7 Å². The van der Waals surface area contributed by atoms with E-state index in [4.69, 9.17) is 0 Å². The summed E-state index contributed by atoms with van der Waals surface area (Å²) in [6.07, 6.45) is 13.6. The maximum absolute atomic E-state index is 2.39. The van der Waals surface area contributed by atoms with Crippen LogP contribution in [0.25, 0.3) is 36.5 Å². The second kappa shape index (κ2) is 14.1. The van der Waals surface area contributed by atoms with E-state index >= 15 is 0 Å². The molecule has 0 spiro atoms. The highest BCUT2D eigenvalue weighted by Gasteiger charge is 2.21. The standard InChI is InChI=1S/C58H60/c1-55(2,3)43-27-41(28-44(35-43)56(4,5)6)17-15-39-21-25-49-47-23-19-37(31-51(47)53(49)33-39)13-14-38-20-24-48-50-26-22-40(34-54(50)52(48)32-38)16-18-42-29-45(57(7,8)9)36-46(30-42)58(10,11)12/h13-36H,1-12H3/b14-13+,17-15+,18-16+. The molecule has 58 heavy (non-hydrogen) atoms. The van der Waals surface area contributed by atoms with E-state index in [-0.39, 0.29) is 21.7 Å². The predicted molar refractivity (Wildman–Crippen MR) is 251 cm³/mol. The molecule has 0 radical (unpaired) electrons. The molecule has 0 amide bonds. The highest BCUT2D eigenvalue weighted by atomic mass is 14.3. The van der Waals surface area contributed by atoms with Crippen molar-refractivity contribution in [2.45, 2.75) is 105 Å². The molecule has 0 saturated heterocycles. The number of benzene rings is 6. The third-order valence-electron chi connectivity index (χ3n) is 12.1. The van der Waals surface area contributed by atoms with Crippen molar-refractivity contribution in [2.75, 3.05) is 0 Å². The molecule has 0 unspecified atom stereocenters. The zero-order chi connectivity index (χ0) is 41.4. The molecular formula is C58H60. The van der Waals surface area contributed by atoms with E-state index in [0.29, 0.717) is 0 Å². The summed E-state index contributed by atoms with van der Waals surface area (Å²) < 4.78 is 0. The summed E-state index contributed by atoms with van der Waals surface area (Å²) in [5.74, 6) is 0. The Morgan fingerprint density at radius 2 is 0.431 bits per heavy atom. The minimum absolute atomic E-state index is 0.0987. The van der Waals surface area contributed by atoms with Crippen LogP contribution in [0.4, 0.5) is 0 Å². The summed E-state index contributed by atoms with van der Waals surface area (Å²) in [6, 6.07) is 41.7. The van der Waals surface area contributed by atoms with Crippen molar-refractivity contribution in [3.05, 3.63) is 207 Å². The summed E-state index contributed by atoms with van der Waals surface area (Å²) in [7, 11) is 0. The van der Waals surface area contributed by atoms with E-state index in [1.807, 2.05) is 0 Å². The van der Waals surface area contributed by atoms with Crippen molar-refractivity contribution in [2.24, 2.45) is 0 Å². The first-order valence-electron chi connectivity index (χ1n) is 21.1. The molecule has 0 N–H and O–H groups in total. The first-order valence-corrected chi connectivity index (χ1v) is 21.1. The average Bonchev–Trinajstić information content (AvgIpc) is 3.15. The Labute approximate surface area is 346 Å². The van der Waals surface area contributed by atoms with Crippen LogP contribution >= 0.6 is 0 Å². The van der Waals surface area contributed by atoms with E-state index in [1.165, 1.54) is 97.4 Å². The summed E-state index contributed by atoms with van der Waals surface area (Å²) >= 11 is 0. The van der Waals surface area contributed by atoms with Crippen LogP contribution in [0.15, 0.2) is 109 Å². The Balaban J connectivity index is 1.05. The third kappa shape index (κ3) is 7.87. The molecule has 292 valence electrons. The minimum Gasteiger partial charge on any atom is -0.0561 e. The largest absolute Gasteiger partial charge is 0.0561 e. The van der Waals surface area contributed by atoms with E-state index in [9.17, 15) is 0 Å². The van der Waals surface area contributed by atoms with Crippen LogP contribution < -0.4 is 0 Å². The van der Waals surface area contributed by atoms with Crippen LogP contribution in [-0.4, -0.2) is 0 Å². The van der Waals surface area contributed by atoms with Gasteiger partial charge >= 0.3 is 0 Å². The number of rotatable bonds is 6. The van der Waals surface area contributed by atoms with E-state index < -0.39 is 0 Å². The average molecular weight is 757 g/mol. The lowest BCUT2D eigenvalue weighted by atomic mass is 9.79. The van der Waals surface area contributed by atoms with Crippen molar-refractivity contribution in [3.8, 4) is 0 Å². The molecule has 2 aliphatic carbocycles. The lowest BCUT2D eigenvalue weighted by molar-refractivity contribution is 0.568. The van der Waals surface area contributed by atoms with Gasteiger partial charge in [-0.2, -0.15) is 0 Å². The number of hydrogen-bond acceptors (Lipinski definition) is 0. The molecule has 6 aromatic carbocycles. The third-order valence-corrected chi connectivity index (χ3v) is 12.1. The van der Waals surface area contributed by atoms with Crippen LogP contribution in [0, 0.1) is 41.7 Å². The summed E-state index contributed by atoms with van der Waals surface area (Å²) in [4.78, 5) is 0. The van der Waals surface area contributed by atoms with Crippen molar-refractivity contribution >= 4 is 36.5 Å².